The fraction of sp³-hybridized carbons (Fsp3) is 0.400. The van der Waals surface area contributed by atoms with Crippen LogP contribution in [0.25, 0.3) is 0 Å². The van der Waals surface area contributed by atoms with Crippen molar-refractivity contribution in [3.05, 3.63) is 70.8 Å². The van der Waals surface area contributed by atoms with Gasteiger partial charge < -0.3 is 14.8 Å². The Morgan fingerprint density at radius 1 is 1.22 bits per heavy atom. The first kappa shape index (κ1) is 20.2. The summed E-state index contributed by atoms with van der Waals surface area (Å²) in [5.41, 5.74) is 1.27. The minimum atomic E-state index is -4.41. The second kappa shape index (κ2) is 8.65. The van der Waals surface area contributed by atoms with Gasteiger partial charge in [-0.2, -0.15) is 25.8 Å². The normalized spacial score (nSPS) is 21.8. The Balaban J connectivity index is 1.82. The molecule has 1 heterocycles. The van der Waals surface area contributed by atoms with E-state index in [4.69, 9.17) is 9.47 Å². The molecule has 0 radical (unpaired) electrons. The lowest BCUT2D eigenvalue weighted by Crippen LogP contribution is -2.43. The number of halogens is 3. The van der Waals surface area contributed by atoms with Crippen LogP contribution in [-0.4, -0.2) is 19.4 Å². The molecule has 2 aromatic carbocycles. The van der Waals surface area contributed by atoms with Crippen LogP contribution < -0.4 is 5.32 Å². The average Bonchev–Trinajstić information content (AvgIpc) is 2.68. The third kappa shape index (κ3) is 5.04. The fourth-order valence-electron chi connectivity index (χ4n) is 3.12. The number of hydrogen-bond donors (Lipinski definition) is 2. The summed E-state index contributed by atoms with van der Waals surface area (Å²) in [5.74, 6) is 0.220. The molecule has 0 bridgehead atoms. The summed E-state index contributed by atoms with van der Waals surface area (Å²) in [5, 5.41) is 3.36. The molecule has 3 nitrogen and oxygen atoms in total. The number of ether oxygens (including phenoxy) is 2. The number of alkyl halides is 3. The van der Waals surface area contributed by atoms with Crippen LogP contribution >= 0.6 is 12.6 Å². The van der Waals surface area contributed by atoms with Gasteiger partial charge in [0, 0.05) is 12.3 Å². The van der Waals surface area contributed by atoms with Crippen molar-refractivity contribution in [1.82, 2.24) is 5.32 Å². The lowest BCUT2D eigenvalue weighted by atomic mass is 10.0. The van der Waals surface area contributed by atoms with Crippen molar-refractivity contribution in [2.75, 3.05) is 13.2 Å². The molecule has 3 rings (SSSR count). The van der Waals surface area contributed by atoms with E-state index < -0.39 is 24.1 Å². The highest BCUT2D eigenvalue weighted by Gasteiger charge is 2.33. The Hall–Kier alpha value is -1.54. The molecule has 0 aliphatic carbocycles. The van der Waals surface area contributed by atoms with Crippen molar-refractivity contribution < 1.29 is 22.6 Å². The first-order valence-corrected chi connectivity index (χ1v) is 9.39. The average molecular weight is 397 g/mol. The van der Waals surface area contributed by atoms with Gasteiger partial charge in [-0.05, 0) is 35.7 Å². The van der Waals surface area contributed by atoms with Crippen LogP contribution in [0.4, 0.5) is 13.2 Å². The van der Waals surface area contributed by atoms with Crippen molar-refractivity contribution in [1.29, 1.82) is 0 Å². The van der Waals surface area contributed by atoms with Crippen LogP contribution in [-0.2, 0) is 21.4 Å². The third-order valence-electron chi connectivity index (χ3n) is 4.51. The minimum absolute atomic E-state index is 0.183. The molecule has 1 aliphatic heterocycles. The summed E-state index contributed by atoms with van der Waals surface area (Å²) in [6.07, 6.45) is -5.57. The second-order valence-electron chi connectivity index (χ2n) is 6.48. The van der Waals surface area contributed by atoms with E-state index in [2.05, 4.69) is 17.9 Å². The molecule has 1 aliphatic rings. The van der Waals surface area contributed by atoms with Gasteiger partial charge in [0.25, 0.3) is 0 Å². The number of morpholine rings is 1. The Morgan fingerprint density at radius 2 is 1.96 bits per heavy atom. The molecule has 0 aromatic heterocycles. The summed E-state index contributed by atoms with van der Waals surface area (Å²) in [7, 11) is 0. The molecule has 0 amide bonds. The summed E-state index contributed by atoms with van der Waals surface area (Å²) in [6.45, 7) is 2.89. The van der Waals surface area contributed by atoms with Gasteiger partial charge in [0.15, 0.2) is 6.29 Å². The fourth-order valence-corrected chi connectivity index (χ4v) is 3.31. The predicted octanol–water partition coefficient (Wildman–Crippen LogP) is 4.90. The van der Waals surface area contributed by atoms with Crippen molar-refractivity contribution >= 4 is 12.6 Å². The molecule has 1 fully saturated rings. The third-order valence-corrected chi connectivity index (χ3v) is 4.88. The largest absolute Gasteiger partial charge is 0.416 e. The van der Waals surface area contributed by atoms with Crippen LogP contribution in [0.1, 0.15) is 41.3 Å². The molecular formula is C20H22F3NO2S. The van der Waals surface area contributed by atoms with Gasteiger partial charge in [-0.15, -0.1) is 0 Å². The predicted molar refractivity (Wildman–Crippen MR) is 101 cm³/mol. The monoisotopic (exact) mass is 397 g/mol. The van der Waals surface area contributed by atoms with Gasteiger partial charge in [0.1, 0.15) is 0 Å². The number of thiol groups is 1. The number of rotatable bonds is 5. The van der Waals surface area contributed by atoms with Crippen molar-refractivity contribution in [2.24, 2.45) is 0 Å². The van der Waals surface area contributed by atoms with E-state index in [1.54, 1.807) is 13.0 Å². The highest BCUT2D eigenvalue weighted by molar-refractivity contribution is 7.79. The highest BCUT2D eigenvalue weighted by Crippen LogP contribution is 2.34. The molecule has 3 atom stereocenters. The van der Waals surface area contributed by atoms with Gasteiger partial charge >= 0.3 is 6.18 Å². The van der Waals surface area contributed by atoms with Crippen LogP contribution in [0.2, 0.25) is 0 Å². The Morgan fingerprint density at radius 3 is 2.63 bits per heavy atom. The van der Waals surface area contributed by atoms with Crippen LogP contribution in [0.5, 0.6) is 0 Å². The molecule has 146 valence electrons. The van der Waals surface area contributed by atoms with Gasteiger partial charge in [-0.25, -0.2) is 0 Å². The van der Waals surface area contributed by atoms with Gasteiger partial charge in [-0.1, -0.05) is 36.4 Å². The van der Waals surface area contributed by atoms with Crippen molar-refractivity contribution in [3.63, 3.8) is 0 Å². The SMILES string of the molecule is CC(OC1OCCNC1c1ccccc1)c1cc(CS)cc(C(F)(F)F)c1. The van der Waals surface area contributed by atoms with Gasteiger partial charge in [0.2, 0.25) is 0 Å². The topological polar surface area (TPSA) is 30.5 Å². The maximum atomic E-state index is 13.2. The number of benzene rings is 2. The molecule has 1 N–H and O–H groups in total. The molecule has 0 spiro atoms. The van der Waals surface area contributed by atoms with Crippen LogP contribution in [0, 0.1) is 0 Å². The van der Waals surface area contributed by atoms with Crippen molar-refractivity contribution in [3.8, 4) is 0 Å². The summed E-state index contributed by atoms with van der Waals surface area (Å²) in [6, 6.07) is 13.5. The molecule has 27 heavy (non-hydrogen) atoms. The van der Waals surface area contributed by atoms with Crippen LogP contribution in [0.15, 0.2) is 48.5 Å². The number of nitrogens with one attached hydrogen (secondary N) is 1. The summed E-state index contributed by atoms with van der Waals surface area (Å²) in [4.78, 5) is 0. The van der Waals surface area contributed by atoms with Gasteiger partial charge in [0.05, 0.1) is 24.3 Å². The number of hydrogen-bond acceptors (Lipinski definition) is 4. The Labute approximate surface area is 162 Å². The quantitative estimate of drug-likeness (QED) is 0.704. The smallest absolute Gasteiger partial charge is 0.349 e. The standard InChI is InChI=1S/C20H22F3NO2S/c1-13(16-9-14(12-27)10-17(11-16)20(21,22)23)26-19-18(24-7-8-25-19)15-5-3-2-4-6-15/h2-6,9-11,13,18-19,24,27H,7-8,12H2,1H3. The van der Waals surface area contributed by atoms with Crippen molar-refractivity contribution in [2.45, 2.75) is 37.3 Å². The zero-order chi connectivity index (χ0) is 19.4. The summed E-state index contributed by atoms with van der Waals surface area (Å²) < 4.78 is 51.4. The molecular weight excluding hydrogens is 375 g/mol. The maximum Gasteiger partial charge on any atom is 0.416 e. The summed E-state index contributed by atoms with van der Waals surface area (Å²) >= 11 is 4.12. The Kier molecular flexibility index (Phi) is 6.47. The molecule has 2 aromatic rings. The maximum absolute atomic E-state index is 13.2. The van der Waals surface area contributed by atoms with E-state index >= 15 is 0 Å². The first-order chi connectivity index (χ1) is 12.9. The minimum Gasteiger partial charge on any atom is -0.349 e. The second-order valence-corrected chi connectivity index (χ2v) is 6.80. The van der Waals surface area contributed by atoms with E-state index in [0.717, 1.165) is 17.7 Å². The lowest BCUT2D eigenvalue weighted by molar-refractivity contribution is -0.200. The van der Waals surface area contributed by atoms with E-state index in [1.165, 1.54) is 0 Å². The van der Waals surface area contributed by atoms with Crippen LogP contribution in [0.3, 0.4) is 0 Å². The Bertz CT molecular complexity index is 755. The van der Waals surface area contributed by atoms with E-state index in [0.29, 0.717) is 24.3 Å². The molecule has 7 heteroatoms. The zero-order valence-corrected chi connectivity index (χ0v) is 15.8. The lowest BCUT2D eigenvalue weighted by Gasteiger charge is -2.34. The van der Waals surface area contributed by atoms with Gasteiger partial charge in [-0.3, -0.25) is 0 Å². The zero-order valence-electron chi connectivity index (χ0n) is 14.9. The molecule has 0 saturated carbocycles. The highest BCUT2D eigenvalue weighted by atomic mass is 32.1. The molecule has 3 unspecified atom stereocenters. The van der Waals surface area contributed by atoms with E-state index in [-0.39, 0.29) is 11.8 Å². The first-order valence-electron chi connectivity index (χ1n) is 8.76. The molecule has 1 saturated heterocycles. The van der Waals surface area contributed by atoms with E-state index in [9.17, 15) is 13.2 Å². The van der Waals surface area contributed by atoms with E-state index in [1.807, 2.05) is 30.3 Å².